The smallest absolute Gasteiger partial charge is 0.199 e. The van der Waals surface area contributed by atoms with E-state index in [1.807, 2.05) is 30.3 Å². The highest BCUT2D eigenvalue weighted by Crippen LogP contribution is 2.11. The van der Waals surface area contributed by atoms with Gasteiger partial charge in [0, 0.05) is 5.41 Å². The van der Waals surface area contributed by atoms with Crippen LogP contribution < -0.4 is 0 Å². The second-order valence-corrected chi connectivity index (χ2v) is 6.06. The highest BCUT2D eigenvalue weighted by molar-refractivity contribution is 7.94. The molecule has 2 rings (SSSR count). The zero-order valence-corrected chi connectivity index (χ0v) is 11.8. The van der Waals surface area contributed by atoms with Gasteiger partial charge in [0.05, 0.1) is 18.1 Å². The zero-order chi connectivity index (χ0) is 14.3. The van der Waals surface area contributed by atoms with Crippen molar-refractivity contribution in [3.63, 3.8) is 0 Å². The van der Waals surface area contributed by atoms with Gasteiger partial charge in [-0.3, -0.25) is 0 Å². The molecule has 20 heavy (non-hydrogen) atoms. The van der Waals surface area contributed by atoms with Gasteiger partial charge in [0.15, 0.2) is 9.84 Å². The fourth-order valence-electron chi connectivity index (χ4n) is 1.67. The maximum atomic E-state index is 11.9. The summed E-state index contributed by atoms with van der Waals surface area (Å²) in [4.78, 5) is 0.291. The average Bonchev–Trinajstić information content (AvgIpc) is 2.49. The Morgan fingerprint density at radius 2 is 1.50 bits per heavy atom. The molecule has 0 unspecified atom stereocenters. The Hall–Kier alpha value is -1.91. The second-order valence-electron chi connectivity index (χ2n) is 4.23. The third-order valence-electron chi connectivity index (χ3n) is 2.67. The van der Waals surface area contributed by atoms with Crippen LogP contribution in [0.1, 0.15) is 5.56 Å². The Labute approximate surface area is 119 Å². The third kappa shape index (κ3) is 4.33. The predicted octanol–water partition coefficient (Wildman–Crippen LogP) is 3.19. The van der Waals surface area contributed by atoms with E-state index >= 15 is 0 Å². The first-order valence-electron chi connectivity index (χ1n) is 6.27. The first-order valence-corrected chi connectivity index (χ1v) is 7.81. The van der Waals surface area contributed by atoms with Crippen molar-refractivity contribution >= 4 is 9.84 Å². The van der Waals surface area contributed by atoms with Crippen molar-refractivity contribution in [3.05, 3.63) is 77.7 Å². The standard InChI is InChI=1S/C16H16O3S/c17-20(18,16-10-5-2-6-11-16)13-7-12-19-14-15-8-3-1-4-9-15/h1-11,13H,12,14H2/b13-7+. The van der Waals surface area contributed by atoms with E-state index in [-0.39, 0.29) is 6.61 Å². The van der Waals surface area contributed by atoms with E-state index in [0.29, 0.717) is 11.5 Å². The van der Waals surface area contributed by atoms with Crippen molar-refractivity contribution in [2.45, 2.75) is 11.5 Å². The molecule has 0 atom stereocenters. The molecule has 0 aliphatic heterocycles. The molecule has 104 valence electrons. The van der Waals surface area contributed by atoms with Crippen LogP contribution in [0, 0.1) is 0 Å². The Kier molecular flexibility index (Phi) is 5.09. The normalized spacial score (nSPS) is 11.8. The molecule has 0 aliphatic carbocycles. The molecule has 0 amide bonds. The Bertz CT molecular complexity index is 647. The number of hydrogen-bond donors (Lipinski definition) is 0. The molecule has 0 bridgehead atoms. The summed E-state index contributed by atoms with van der Waals surface area (Å²) in [5.41, 5.74) is 1.06. The molecule has 0 saturated heterocycles. The molecule has 0 aromatic heterocycles. The molecule has 2 aromatic carbocycles. The van der Waals surface area contributed by atoms with Gasteiger partial charge in [-0.1, -0.05) is 48.5 Å². The fourth-order valence-corrected chi connectivity index (χ4v) is 2.70. The van der Waals surface area contributed by atoms with Gasteiger partial charge in [-0.05, 0) is 23.8 Å². The van der Waals surface area contributed by atoms with E-state index in [9.17, 15) is 8.42 Å². The van der Waals surface area contributed by atoms with Gasteiger partial charge in [-0.15, -0.1) is 0 Å². The topological polar surface area (TPSA) is 43.4 Å². The molecule has 0 saturated carbocycles. The number of hydrogen-bond acceptors (Lipinski definition) is 3. The molecule has 0 aliphatic rings. The van der Waals surface area contributed by atoms with Crippen LogP contribution in [0.2, 0.25) is 0 Å². The van der Waals surface area contributed by atoms with Gasteiger partial charge in [0.1, 0.15) is 0 Å². The highest BCUT2D eigenvalue weighted by Gasteiger charge is 2.08. The van der Waals surface area contributed by atoms with E-state index in [1.165, 1.54) is 11.5 Å². The number of ether oxygens (including phenoxy) is 1. The molecular weight excluding hydrogens is 272 g/mol. The number of benzene rings is 2. The van der Waals surface area contributed by atoms with Crippen LogP contribution >= 0.6 is 0 Å². The van der Waals surface area contributed by atoms with Crippen LogP contribution in [0.5, 0.6) is 0 Å². The van der Waals surface area contributed by atoms with Crippen molar-refractivity contribution in [3.8, 4) is 0 Å². The molecule has 0 N–H and O–H groups in total. The minimum atomic E-state index is -3.37. The molecular formula is C16H16O3S. The van der Waals surface area contributed by atoms with E-state index in [1.54, 1.807) is 30.3 Å². The number of rotatable bonds is 6. The van der Waals surface area contributed by atoms with Crippen molar-refractivity contribution in [2.24, 2.45) is 0 Å². The molecule has 3 nitrogen and oxygen atoms in total. The van der Waals surface area contributed by atoms with Gasteiger partial charge in [-0.2, -0.15) is 0 Å². The lowest BCUT2D eigenvalue weighted by Gasteiger charge is -2.01. The van der Waals surface area contributed by atoms with Crippen LogP contribution in [-0.4, -0.2) is 15.0 Å². The lowest BCUT2D eigenvalue weighted by molar-refractivity contribution is 0.149. The summed E-state index contributed by atoms with van der Waals surface area (Å²) in [6.45, 7) is 0.734. The average molecular weight is 288 g/mol. The van der Waals surface area contributed by atoms with Crippen molar-refractivity contribution in [2.75, 3.05) is 6.61 Å². The Balaban J connectivity index is 1.85. The van der Waals surface area contributed by atoms with E-state index in [2.05, 4.69) is 0 Å². The van der Waals surface area contributed by atoms with E-state index < -0.39 is 9.84 Å². The largest absolute Gasteiger partial charge is 0.373 e. The van der Waals surface area contributed by atoms with Crippen LogP contribution in [0.25, 0.3) is 0 Å². The summed E-state index contributed by atoms with van der Waals surface area (Å²) in [5.74, 6) is 0. The molecule has 0 fully saturated rings. The molecule has 4 heteroatoms. The van der Waals surface area contributed by atoms with Gasteiger partial charge >= 0.3 is 0 Å². The fraction of sp³-hybridized carbons (Fsp3) is 0.125. The van der Waals surface area contributed by atoms with E-state index in [0.717, 1.165) is 5.56 Å². The van der Waals surface area contributed by atoms with Crippen molar-refractivity contribution < 1.29 is 13.2 Å². The lowest BCUT2D eigenvalue weighted by Crippen LogP contribution is -1.97. The monoisotopic (exact) mass is 288 g/mol. The first kappa shape index (κ1) is 14.5. The van der Waals surface area contributed by atoms with Crippen molar-refractivity contribution in [1.82, 2.24) is 0 Å². The van der Waals surface area contributed by atoms with E-state index in [4.69, 9.17) is 4.74 Å². The Morgan fingerprint density at radius 1 is 0.900 bits per heavy atom. The van der Waals surface area contributed by atoms with Crippen LogP contribution in [0.4, 0.5) is 0 Å². The summed E-state index contributed by atoms with van der Waals surface area (Å²) < 4.78 is 29.2. The first-order chi connectivity index (χ1) is 9.68. The predicted molar refractivity (Wildman–Crippen MR) is 78.9 cm³/mol. The van der Waals surface area contributed by atoms with Gasteiger partial charge in [-0.25, -0.2) is 8.42 Å². The van der Waals surface area contributed by atoms with Crippen molar-refractivity contribution in [1.29, 1.82) is 0 Å². The minimum Gasteiger partial charge on any atom is -0.373 e. The summed E-state index contributed by atoms with van der Waals surface area (Å²) in [6.07, 6.45) is 1.52. The molecule has 0 spiro atoms. The van der Waals surface area contributed by atoms with Crippen LogP contribution in [-0.2, 0) is 21.2 Å². The minimum absolute atomic E-state index is 0.265. The molecule has 0 heterocycles. The SMILES string of the molecule is O=S(=O)(/C=C/COCc1ccccc1)c1ccccc1. The molecule has 2 aromatic rings. The summed E-state index contributed by atoms with van der Waals surface area (Å²) in [7, 11) is -3.37. The maximum Gasteiger partial charge on any atom is 0.199 e. The van der Waals surface area contributed by atoms with Crippen LogP contribution in [0.15, 0.2) is 77.0 Å². The van der Waals surface area contributed by atoms with Crippen LogP contribution in [0.3, 0.4) is 0 Å². The number of sulfone groups is 1. The Morgan fingerprint density at radius 3 is 2.15 bits per heavy atom. The zero-order valence-electron chi connectivity index (χ0n) is 11.0. The third-order valence-corrected chi connectivity index (χ3v) is 4.15. The second kappa shape index (κ2) is 7.03. The summed E-state index contributed by atoms with van der Waals surface area (Å²) in [6, 6.07) is 18.1. The van der Waals surface area contributed by atoms with Gasteiger partial charge < -0.3 is 4.74 Å². The quantitative estimate of drug-likeness (QED) is 0.767. The summed E-state index contributed by atoms with van der Waals surface area (Å²) in [5, 5.41) is 1.19. The van der Waals surface area contributed by atoms with Gasteiger partial charge in [0.2, 0.25) is 0 Å². The highest BCUT2D eigenvalue weighted by atomic mass is 32.2. The summed E-state index contributed by atoms with van der Waals surface area (Å²) >= 11 is 0. The lowest BCUT2D eigenvalue weighted by atomic mass is 10.2. The van der Waals surface area contributed by atoms with Gasteiger partial charge in [0.25, 0.3) is 0 Å². The molecule has 0 radical (unpaired) electrons. The maximum absolute atomic E-state index is 11.9.